The fourth-order valence-electron chi connectivity index (χ4n) is 6.00. The number of rotatable bonds is 8. The van der Waals surface area contributed by atoms with Crippen LogP contribution in [0.5, 0.6) is 0 Å². The van der Waals surface area contributed by atoms with Crippen LogP contribution >= 0.6 is 0 Å². The molecule has 2 N–H and O–H groups in total. The van der Waals surface area contributed by atoms with E-state index in [2.05, 4.69) is 65.7 Å². The Bertz CT molecular complexity index is 1250. The maximum absolute atomic E-state index is 11.3. The molecule has 2 aliphatic heterocycles. The predicted octanol–water partition coefficient (Wildman–Crippen LogP) is 6.54. The van der Waals surface area contributed by atoms with E-state index in [1.807, 2.05) is 24.3 Å². The van der Waals surface area contributed by atoms with Gasteiger partial charge in [-0.15, -0.1) is 0 Å². The largest absolute Gasteiger partial charge is 0.392 e. The molecule has 0 bridgehead atoms. The molecule has 3 aromatic carbocycles. The van der Waals surface area contributed by atoms with E-state index in [0.29, 0.717) is 6.54 Å². The Morgan fingerprint density at radius 1 is 0.854 bits per heavy atom. The van der Waals surface area contributed by atoms with Crippen molar-refractivity contribution in [3.05, 3.63) is 95.1 Å². The number of benzene rings is 3. The molecule has 218 valence electrons. The quantitative estimate of drug-likeness (QED) is 0.330. The average Bonchev–Trinajstić information content (AvgIpc) is 2.98. The molecule has 1 amide bonds. The fourth-order valence-corrected chi connectivity index (χ4v) is 6.00. The summed E-state index contributed by atoms with van der Waals surface area (Å²) in [5, 5.41) is 12.4. The van der Waals surface area contributed by atoms with Crippen LogP contribution in [0.25, 0.3) is 11.1 Å². The topological polar surface area (TPSA) is 71.0 Å². The predicted molar refractivity (Wildman–Crippen MR) is 162 cm³/mol. The van der Waals surface area contributed by atoms with E-state index in [0.717, 1.165) is 53.0 Å². The molecule has 2 fully saturated rings. The van der Waals surface area contributed by atoms with E-state index in [-0.39, 0.29) is 30.6 Å². The summed E-state index contributed by atoms with van der Waals surface area (Å²) in [7, 11) is 0. The van der Waals surface area contributed by atoms with Crippen LogP contribution in [-0.2, 0) is 27.4 Å². The summed E-state index contributed by atoms with van der Waals surface area (Å²) in [6, 6.07) is 24.8. The number of nitrogens with one attached hydrogen (secondary N) is 1. The maximum atomic E-state index is 11.3. The van der Waals surface area contributed by atoms with Gasteiger partial charge in [0, 0.05) is 31.5 Å². The van der Waals surface area contributed by atoms with Gasteiger partial charge in [0.1, 0.15) is 0 Å². The molecule has 0 aliphatic carbocycles. The summed E-state index contributed by atoms with van der Waals surface area (Å²) < 4.78 is 13.4. The first-order valence-corrected chi connectivity index (χ1v) is 15.2. The number of aliphatic hydroxyl groups excluding tert-OH is 1. The minimum atomic E-state index is -0.464. The SMILES string of the molecule is CC(=O)NCc1cccc(-c2ccc([C@@H]3O[C@H](CN4CCCCCCC4)[C@H](C)[C@H](c4ccc(CO)cc4)O3)cc2)c1. The third kappa shape index (κ3) is 7.83. The van der Waals surface area contributed by atoms with Crippen LogP contribution in [0.2, 0.25) is 0 Å². The molecule has 4 atom stereocenters. The molecule has 2 aliphatic rings. The first kappa shape index (κ1) is 29.5. The zero-order chi connectivity index (χ0) is 28.6. The van der Waals surface area contributed by atoms with Crippen LogP contribution in [0.4, 0.5) is 0 Å². The highest BCUT2D eigenvalue weighted by molar-refractivity contribution is 5.73. The van der Waals surface area contributed by atoms with Crippen molar-refractivity contribution >= 4 is 5.91 Å². The van der Waals surface area contributed by atoms with Crippen molar-refractivity contribution in [1.82, 2.24) is 10.2 Å². The number of aliphatic hydroxyl groups is 1. The van der Waals surface area contributed by atoms with Crippen LogP contribution < -0.4 is 5.32 Å². The molecule has 0 radical (unpaired) electrons. The Kier molecular flexibility index (Phi) is 10.2. The maximum Gasteiger partial charge on any atom is 0.217 e. The molecule has 2 saturated heterocycles. The van der Waals surface area contributed by atoms with Crippen molar-refractivity contribution in [3.8, 4) is 11.1 Å². The van der Waals surface area contributed by atoms with Gasteiger partial charge in [0.15, 0.2) is 6.29 Å². The molecular weight excluding hydrogens is 512 g/mol. The van der Waals surface area contributed by atoms with Gasteiger partial charge in [-0.2, -0.15) is 0 Å². The lowest BCUT2D eigenvalue weighted by molar-refractivity contribution is -0.276. The van der Waals surface area contributed by atoms with Crippen LogP contribution in [0.15, 0.2) is 72.8 Å². The average molecular weight is 557 g/mol. The number of hydrogen-bond donors (Lipinski definition) is 2. The molecule has 0 aromatic heterocycles. The second-order valence-corrected chi connectivity index (χ2v) is 11.6. The van der Waals surface area contributed by atoms with Crippen LogP contribution in [0.1, 0.15) is 80.6 Å². The summed E-state index contributed by atoms with van der Waals surface area (Å²) in [4.78, 5) is 13.9. The van der Waals surface area contributed by atoms with Crippen LogP contribution in [0, 0.1) is 5.92 Å². The number of hydrogen-bond acceptors (Lipinski definition) is 5. The Hall–Kier alpha value is -3.03. The van der Waals surface area contributed by atoms with E-state index in [9.17, 15) is 9.90 Å². The highest BCUT2D eigenvalue weighted by atomic mass is 16.7. The lowest BCUT2D eigenvalue weighted by Crippen LogP contribution is -2.45. The molecule has 41 heavy (non-hydrogen) atoms. The normalized spacial score (nSPS) is 23.9. The lowest BCUT2D eigenvalue weighted by atomic mass is 9.89. The molecule has 3 aromatic rings. The minimum Gasteiger partial charge on any atom is -0.392 e. The number of ether oxygens (including phenoxy) is 2. The minimum absolute atomic E-state index is 0.0335. The van der Waals surface area contributed by atoms with Gasteiger partial charge in [-0.3, -0.25) is 4.79 Å². The highest BCUT2D eigenvalue weighted by Crippen LogP contribution is 2.42. The van der Waals surface area contributed by atoms with Gasteiger partial charge in [-0.05, 0) is 59.8 Å². The van der Waals surface area contributed by atoms with Crippen molar-refractivity contribution < 1.29 is 19.4 Å². The third-order valence-electron chi connectivity index (χ3n) is 8.49. The molecule has 6 heteroatoms. The molecule has 6 nitrogen and oxygen atoms in total. The van der Waals surface area contributed by atoms with E-state index >= 15 is 0 Å². The summed E-state index contributed by atoms with van der Waals surface area (Å²) in [6.45, 7) is 7.49. The van der Waals surface area contributed by atoms with E-state index in [1.165, 1.54) is 39.0 Å². The summed E-state index contributed by atoms with van der Waals surface area (Å²) in [5.74, 6) is 0.149. The Labute approximate surface area is 244 Å². The van der Waals surface area contributed by atoms with Crippen LogP contribution in [-0.4, -0.2) is 41.7 Å². The van der Waals surface area contributed by atoms with E-state index < -0.39 is 6.29 Å². The zero-order valence-corrected chi connectivity index (χ0v) is 24.4. The highest BCUT2D eigenvalue weighted by Gasteiger charge is 2.39. The standard InChI is InChI=1S/C35H44N2O4/c1-25-33(23-37-19-6-4-3-5-7-20-37)40-35(41-34(25)30-13-11-27(24-38)12-14-30)31-17-15-29(16-18-31)32-10-8-9-28(21-32)22-36-26(2)39/h8-18,21,25,33-35,38H,3-7,19-20,22-24H2,1-2H3,(H,36,39)/t25-,33+,34+,35+/m0/s1. The second-order valence-electron chi connectivity index (χ2n) is 11.6. The molecule has 0 spiro atoms. The second kappa shape index (κ2) is 14.2. The molecule has 0 saturated carbocycles. The van der Waals surface area contributed by atoms with Gasteiger partial charge in [0.25, 0.3) is 0 Å². The zero-order valence-electron chi connectivity index (χ0n) is 24.4. The summed E-state index contributed by atoms with van der Waals surface area (Å²) >= 11 is 0. The van der Waals surface area contributed by atoms with Crippen molar-refractivity contribution in [2.75, 3.05) is 19.6 Å². The van der Waals surface area contributed by atoms with Gasteiger partial charge in [-0.25, -0.2) is 0 Å². The molecular formula is C35H44N2O4. The monoisotopic (exact) mass is 556 g/mol. The van der Waals surface area contributed by atoms with Crippen LogP contribution in [0.3, 0.4) is 0 Å². The smallest absolute Gasteiger partial charge is 0.217 e. The molecule has 0 unspecified atom stereocenters. The molecule has 2 heterocycles. The van der Waals surface area contributed by atoms with Crippen molar-refractivity contribution in [1.29, 1.82) is 0 Å². The third-order valence-corrected chi connectivity index (χ3v) is 8.49. The number of amides is 1. The Morgan fingerprint density at radius 2 is 1.54 bits per heavy atom. The fraction of sp³-hybridized carbons (Fsp3) is 0.457. The summed E-state index contributed by atoms with van der Waals surface area (Å²) in [6.07, 6.45) is 5.95. The number of carbonyl (C=O) groups is 1. The van der Waals surface area contributed by atoms with Gasteiger partial charge in [0.05, 0.1) is 18.8 Å². The Morgan fingerprint density at radius 3 is 2.22 bits per heavy atom. The number of nitrogens with zero attached hydrogens (tertiary/aromatic N) is 1. The van der Waals surface area contributed by atoms with Gasteiger partial charge in [-0.1, -0.05) is 92.9 Å². The van der Waals surface area contributed by atoms with Crippen molar-refractivity contribution in [2.45, 2.75) is 77.6 Å². The first-order valence-electron chi connectivity index (χ1n) is 15.2. The van der Waals surface area contributed by atoms with E-state index in [4.69, 9.17) is 9.47 Å². The number of carbonyl (C=O) groups excluding carboxylic acids is 1. The van der Waals surface area contributed by atoms with Gasteiger partial charge >= 0.3 is 0 Å². The molecule has 5 rings (SSSR count). The van der Waals surface area contributed by atoms with Gasteiger partial charge in [0.2, 0.25) is 5.91 Å². The Balaban J connectivity index is 1.36. The lowest BCUT2D eigenvalue weighted by Gasteiger charge is -2.43. The number of likely N-dealkylation sites (tertiary alicyclic amines) is 1. The van der Waals surface area contributed by atoms with Gasteiger partial charge < -0.3 is 24.8 Å². The van der Waals surface area contributed by atoms with Crippen molar-refractivity contribution in [2.24, 2.45) is 5.92 Å². The van der Waals surface area contributed by atoms with E-state index in [1.54, 1.807) is 0 Å². The summed E-state index contributed by atoms with van der Waals surface area (Å²) in [5.41, 5.74) is 6.31. The van der Waals surface area contributed by atoms with Crippen molar-refractivity contribution in [3.63, 3.8) is 0 Å². The first-order chi connectivity index (χ1) is 20.0.